The highest BCUT2D eigenvalue weighted by Gasteiger charge is 2.08. The van der Waals surface area contributed by atoms with Crippen molar-refractivity contribution in [1.82, 2.24) is 0 Å². The minimum absolute atomic E-state index is 0.541. The van der Waals surface area contributed by atoms with E-state index in [2.05, 4.69) is 0 Å². The summed E-state index contributed by atoms with van der Waals surface area (Å²) in [5.74, 6) is 0. The van der Waals surface area contributed by atoms with E-state index in [1.165, 1.54) is 0 Å². The van der Waals surface area contributed by atoms with Crippen molar-refractivity contribution >= 4 is 23.2 Å². The highest BCUT2D eigenvalue weighted by atomic mass is 35.5. The molecule has 1 aliphatic rings. The van der Waals surface area contributed by atoms with Crippen LogP contribution in [0.5, 0.6) is 0 Å². The normalized spacial score (nSPS) is 19.3. The first-order valence-electron chi connectivity index (χ1n) is 3.17. The smallest absolute Gasteiger partial charge is 0.0422 e. The van der Waals surface area contributed by atoms with Crippen molar-refractivity contribution in [3.05, 3.63) is 21.7 Å². The zero-order valence-electron chi connectivity index (χ0n) is 5.53. The molecule has 0 aromatic rings. The molecular weight excluding hydrogens is 169 g/mol. The van der Waals surface area contributed by atoms with Crippen LogP contribution in [0.4, 0.5) is 0 Å². The number of nitrogens with two attached hydrogens (primary N) is 1. The Morgan fingerprint density at radius 3 is 2.60 bits per heavy atom. The molecular formula is C7H9Cl2N. The van der Waals surface area contributed by atoms with E-state index in [4.69, 9.17) is 28.9 Å². The number of halogens is 2. The van der Waals surface area contributed by atoms with Gasteiger partial charge in [0.25, 0.3) is 0 Å². The van der Waals surface area contributed by atoms with Crippen LogP contribution in [0.25, 0.3) is 0 Å². The molecule has 0 aromatic heterocycles. The lowest BCUT2D eigenvalue weighted by atomic mass is 10.1. The van der Waals surface area contributed by atoms with E-state index in [0.29, 0.717) is 6.54 Å². The third kappa shape index (κ3) is 1.75. The van der Waals surface area contributed by atoms with Crippen LogP contribution in [0, 0.1) is 0 Å². The van der Waals surface area contributed by atoms with Crippen molar-refractivity contribution in [2.24, 2.45) is 5.73 Å². The lowest BCUT2D eigenvalue weighted by Gasteiger charge is -2.10. The molecule has 3 heteroatoms. The molecule has 0 fully saturated rings. The van der Waals surface area contributed by atoms with Crippen LogP contribution >= 0.6 is 23.2 Å². The first-order valence-corrected chi connectivity index (χ1v) is 3.93. The molecule has 0 heterocycles. The van der Waals surface area contributed by atoms with E-state index in [1.807, 2.05) is 0 Å². The summed E-state index contributed by atoms with van der Waals surface area (Å²) in [6.07, 6.45) is 3.56. The highest BCUT2D eigenvalue weighted by molar-refractivity contribution is 6.35. The average molecular weight is 178 g/mol. The molecule has 56 valence electrons. The second-order valence-electron chi connectivity index (χ2n) is 2.25. The number of rotatable bonds is 1. The van der Waals surface area contributed by atoms with Gasteiger partial charge in [-0.15, -0.1) is 0 Å². The molecule has 0 saturated carbocycles. The lowest BCUT2D eigenvalue weighted by Crippen LogP contribution is -2.06. The van der Waals surface area contributed by atoms with Crippen LogP contribution in [-0.2, 0) is 0 Å². The molecule has 0 aromatic carbocycles. The van der Waals surface area contributed by atoms with E-state index in [-0.39, 0.29) is 0 Å². The minimum Gasteiger partial charge on any atom is -0.327 e. The van der Waals surface area contributed by atoms with E-state index in [1.54, 1.807) is 6.08 Å². The van der Waals surface area contributed by atoms with Gasteiger partial charge in [-0.05, 0) is 24.5 Å². The van der Waals surface area contributed by atoms with Crippen molar-refractivity contribution in [2.45, 2.75) is 12.8 Å². The average Bonchev–Trinajstić information content (AvgIpc) is 1.88. The molecule has 1 aliphatic carbocycles. The first-order chi connectivity index (χ1) is 4.74. The minimum atomic E-state index is 0.541. The maximum atomic E-state index is 5.82. The summed E-state index contributed by atoms with van der Waals surface area (Å²) in [5, 5.41) is 1.54. The quantitative estimate of drug-likeness (QED) is 0.655. The van der Waals surface area contributed by atoms with Gasteiger partial charge in [-0.25, -0.2) is 0 Å². The maximum absolute atomic E-state index is 5.82. The summed E-state index contributed by atoms with van der Waals surface area (Å²) < 4.78 is 0. The fourth-order valence-corrected chi connectivity index (χ4v) is 1.46. The maximum Gasteiger partial charge on any atom is 0.0422 e. The van der Waals surface area contributed by atoms with Crippen LogP contribution in [-0.4, -0.2) is 6.54 Å². The zero-order chi connectivity index (χ0) is 7.56. The largest absolute Gasteiger partial charge is 0.327 e. The Hall–Kier alpha value is 0.0200. The predicted molar refractivity (Wildman–Crippen MR) is 45.1 cm³/mol. The molecule has 0 unspecified atom stereocenters. The molecule has 1 rings (SSSR count). The van der Waals surface area contributed by atoms with Crippen molar-refractivity contribution in [1.29, 1.82) is 0 Å². The topological polar surface area (TPSA) is 26.0 Å². The van der Waals surface area contributed by atoms with Crippen LogP contribution < -0.4 is 5.73 Å². The van der Waals surface area contributed by atoms with Gasteiger partial charge in [0.15, 0.2) is 0 Å². The standard InChI is InChI=1S/C7H9Cl2N/c8-6-2-1-5(4-10)7(9)3-6/h3H,1-2,4,10H2. The van der Waals surface area contributed by atoms with Gasteiger partial charge in [-0.1, -0.05) is 23.2 Å². The number of allylic oxidation sites excluding steroid dienone is 3. The third-order valence-corrected chi connectivity index (χ3v) is 2.21. The van der Waals surface area contributed by atoms with E-state index in [0.717, 1.165) is 28.5 Å². The van der Waals surface area contributed by atoms with Crippen LogP contribution in [0.15, 0.2) is 21.7 Å². The SMILES string of the molecule is NCC1=C(Cl)C=C(Cl)CC1. The summed E-state index contributed by atoms with van der Waals surface area (Å²) in [6, 6.07) is 0. The Morgan fingerprint density at radius 1 is 1.40 bits per heavy atom. The van der Waals surface area contributed by atoms with Gasteiger partial charge >= 0.3 is 0 Å². The summed E-state index contributed by atoms with van der Waals surface area (Å²) in [6.45, 7) is 0.541. The summed E-state index contributed by atoms with van der Waals surface area (Å²) >= 11 is 11.6. The van der Waals surface area contributed by atoms with Gasteiger partial charge in [-0.3, -0.25) is 0 Å². The molecule has 0 bridgehead atoms. The van der Waals surface area contributed by atoms with E-state index in [9.17, 15) is 0 Å². The van der Waals surface area contributed by atoms with E-state index < -0.39 is 0 Å². The molecule has 10 heavy (non-hydrogen) atoms. The van der Waals surface area contributed by atoms with Gasteiger partial charge in [0.1, 0.15) is 0 Å². The Labute approximate surface area is 70.5 Å². The zero-order valence-corrected chi connectivity index (χ0v) is 7.04. The van der Waals surface area contributed by atoms with Crippen molar-refractivity contribution < 1.29 is 0 Å². The van der Waals surface area contributed by atoms with Crippen LogP contribution in [0.1, 0.15) is 12.8 Å². The van der Waals surface area contributed by atoms with Gasteiger partial charge in [0, 0.05) is 16.6 Å². The Balaban J connectivity index is 2.80. The van der Waals surface area contributed by atoms with E-state index >= 15 is 0 Å². The predicted octanol–water partition coefficient (Wildman–Crippen LogP) is 2.35. The van der Waals surface area contributed by atoms with Crippen molar-refractivity contribution in [3.63, 3.8) is 0 Å². The fourth-order valence-electron chi connectivity index (χ4n) is 0.901. The van der Waals surface area contributed by atoms with Crippen molar-refractivity contribution in [2.75, 3.05) is 6.54 Å². The van der Waals surface area contributed by atoms with Gasteiger partial charge < -0.3 is 5.73 Å². The summed E-state index contributed by atoms with van der Waals surface area (Å²) in [4.78, 5) is 0. The summed E-state index contributed by atoms with van der Waals surface area (Å²) in [7, 11) is 0. The molecule has 0 atom stereocenters. The first kappa shape index (κ1) is 8.12. The highest BCUT2D eigenvalue weighted by Crippen LogP contribution is 2.27. The Kier molecular flexibility index (Phi) is 2.78. The second kappa shape index (κ2) is 3.42. The summed E-state index contributed by atoms with van der Waals surface area (Å²) in [5.41, 5.74) is 6.53. The molecule has 0 saturated heterocycles. The number of hydrogen-bond acceptors (Lipinski definition) is 1. The van der Waals surface area contributed by atoms with Gasteiger partial charge in [0.05, 0.1) is 0 Å². The monoisotopic (exact) mass is 177 g/mol. The molecule has 0 spiro atoms. The Bertz CT molecular complexity index is 194. The van der Waals surface area contributed by atoms with Gasteiger partial charge in [0.2, 0.25) is 0 Å². The fraction of sp³-hybridized carbons (Fsp3) is 0.429. The second-order valence-corrected chi connectivity index (χ2v) is 3.14. The Morgan fingerprint density at radius 2 is 2.10 bits per heavy atom. The van der Waals surface area contributed by atoms with Crippen molar-refractivity contribution in [3.8, 4) is 0 Å². The molecule has 0 aliphatic heterocycles. The molecule has 1 nitrogen and oxygen atoms in total. The molecule has 0 radical (unpaired) electrons. The van der Waals surface area contributed by atoms with Gasteiger partial charge in [-0.2, -0.15) is 0 Å². The van der Waals surface area contributed by atoms with Crippen LogP contribution in [0.2, 0.25) is 0 Å². The molecule has 0 amide bonds. The number of hydrogen-bond donors (Lipinski definition) is 1. The third-order valence-electron chi connectivity index (χ3n) is 1.53. The molecule has 2 N–H and O–H groups in total. The van der Waals surface area contributed by atoms with Crippen LogP contribution in [0.3, 0.4) is 0 Å². The lowest BCUT2D eigenvalue weighted by molar-refractivity contribution is 0.900.